The summed E-state index contributed by atoms with van der Waals surface area (Å²) < 4.78 is 51.1. The highest BCUT2D eigenvalue weighted by Gasteiger charge is 2.21. The van der Waals surface area contributed by atoms with E-state index in [-0.39, 0.29) is 30.4 Å². The minimum atomic E-state index is -2.29. The van der Waals surface area contributed by atoms with Gasteiger partial charge in [-0.2, -0.15) is 0 Å². The highest BCUT2D eigenvalue weighted by Crippen LogP contribution is 2.32. The molecule has 4 aromatic heterocycles. The zero-order valence-corrected chi connectivity index (χ0v) is 21.2. The van der Waals surface area contributed by atoms with Crippen LogP contribution >= 0.6 is 0 Å². The number of hydrogen-bond acceptors (Lipinski definition) is 10. The van der Waals surface area contributed by atoms with Crippen LogP contribution in [0.2, 0.25) is 0 Å². The van der Waals surface area contributed by atoms with Crippen LogP contribution < -0.4 is 20.3 Å². The third kappa shape index (κ3) is 4.74. The van der Waals surface area contributed by atoms with Gasteiger partial charge in [0.25, 0.3) is 0 Å². The third-order valence-electron chi connectivity index (χ3n) is 6.64. The van der Waals surface area contributed by atoms with Crippen molar-refractivity contribution in [3.05, 3.63) is 60.2 Å². The predicted octanol–water partition coefficient (Wildman–Crippen LogP) is 3.33. The molecule has 39 heavy (non-hydrogen) atoms. The topological polar surface area (TPSA) is 120 Å². The van der Waals surface area contributed by atoms with Crippen LogP contribution in [-0.4, -0.2) is 69.7 Å². The maximum atomic E-state index is 15.2. The minimum Gasteiger partial charge on any atom is -0.497 e. The molecule has 1 aliphatic heterocycles. The van der Waals surface area contributed by atoms with Crippen LogP contribution in [0.5, 0.6) is 5.75 Å². The number of aromatic nitrogens is 6. The van der Waals surface area contributed by atoms with Crippen LogP contribution in [-0.2, 0) is 11.3 Å². The van der Waals surface area contributed by atoms with Crippen molar-refractivity contribution in [1.82, 2.24) is 29.8 Å². The van der Waals surface area contributed by atoms with E-state index in [9.17, 15) is 0 Å². The zero-order chi connectivity index (χ0) is 29.4. The lowest BCUT2D eigenvalue weighted by Gasteiger charge is -2.28. The largest absolute Gasteiger partial charge is 0.497 e. The van der Waals surface area contributed by atoms with E-state index in [0.717, 1.165) is 5.56 Å². The van der Waals surface area contributed by atoms with Gasteiger partial charge in [-0.1, -0.05) is 12.1 Å². The lowest BCUT2D eigenvalue weighted by Crippen LogP contribution is -2.36. The molecule has 1 fully saturated rings. The van der Waals surface area contributed by atoms with E-state index < -0.39 is 12.7 Å². The Bertz CT molecular complexity index is 1740. The van der Waals surface area contributed by atoms with Crippen molar-refractivity contribution in [2.75, 3.05) is 55.5 Å². The molecule has 0 bridgehead atoms. The molecule has 2 N–H and O–H groups in total. The molecular weight excluding hydrogens is 501 g/mol. The molecule has 1 aliphatic rings. The summed E-state index contributed by atoms with van der Waals surface area (Å²) in [4.78, 5) is 12.7. The number of ether oxygens (including phenoxy) is 2. The molecular formula is C27H28FN9O2. The number of fused-ring (bicyclic) bond motifs is 2. The maximum Gasteiger partial charge on any atom is 0.192 e. The summed E-state index contributed by atoms with van der Waals surface area (Å²) in [5.41, 5.74) is 8.35. The molecule has 12 heteroatoms. The van der Waals surface area contributed by atoms with Gasteiger partial charge in [0.1, 0.15) is 17.1 Å². The number of pyridine rings is 2. The molecule has 200 valence electrons. The molecule has 0 radical (unpaired) electrons. The lowest BCUT2D eigenvalue weighted by molar-refractivity contribution is 0.122. The van der Waals surface area contributed by atoms with Crippen molar-refractivity contribution in [3.8, 4) is 17.1 Å². The second kappa shape index (κ2) is 10.3. The molecule has 5 aromatic rings. The molecule has 5 heterocycles. The van der Waals surface area contributed by atoms with Crippen LogP contribution in [0, 0.1) is 5.82 Å². The highest BCUT2D eigenvalue weighted by molar-refractivity contribution is 5.99. The summed E-state index contributed by atoms with van der Waals surface area (Å²) in [7, 11) is 1.58. The van der Waals surface area contributed by atoms with Gasteiger partial charge in [-0.3, -0.25) is 0 Å². The van der Waals surface area contributed by atoms with Gasteiger partial charge in [-0.25, -0.2) is 18.9 Å². The van der Waals surface area contributed by atoms with Crippen LogP contribution in [0.15, 0.2) is 48.8 Å². The van der Waals surface area contributed by atoms with Crippen LogP contribution in [0.4, 0.5) is 21.7 Å². The summed E-state index contributed by atoms with van der Waals surface area (Å²) >= 11 is 0. The van der Waals surface area contributed by atoms with Crippen molar-refractivity contribution in [1.29, 1.82) is 0 Å². The maximum absolute atomic E-state index is 15.2. The number of anilines is 3. The number of hydrogen-bond donors (Lipinski definition) is 1. The monoisotopic (exact) mass is 532 g/mol. The molecule has 6 rings (SSSR count). The number of morpholine rings is 1. The van der Waals surface area contributed by atoms with Crippen molar-refractivity contribution in [2.24, 2.45) is 0 Å². The Labute approximate surface area is 228 Å². The number of nitrogens with two attached hydrogens (primary N) is 1. The van der Waals surface area contributed by atoms with Crippen molar-refractivity contribution in [3.63, 3.8) is 0 Å². The van der Waals surface area contributed by atoms with E-state index in [0.29, 0.717) is 60.0 Å². The first-order valence-electron chi connectivity index (χ1n) is 13.9. The molecule has 0 spiro atoms. The average molecular weight is 533 g/mol. The summed E-state index contributed by atoms with van der Waals surface area (Å²) in [5, 5.41) is 13.4. The second-order valence-corrected chi connectivity index (χ2v) is 9.08. The van der Waals surface area contributed by atoms with E-state index in [1.54, 1.807) is 36.4 Å². The molecule has 0 saturated carbocycles. The molecule has 0 amide bonds. The van der Waals surface area contributed by atoms with Crippen molar-refractivity contribution >= 4 is 33.9 Å². The smallest absolute Gasteiger partial charge is 0.192 e. The van der Waals surface area contributed by atoms with Gasteiger partial charge < -0.3 is 25.0 Å². The fourth-order valence-electron chi connectivity index (χ4n) is 4.64. The Morgan fingerprint density at radius 1 is 1.18 bits per heavy atom. The fourth-order valence-corrected chi connectivity index (χ4v) is 4.64. The first-order chi connectivity index (χ1) is 20.2. The molecule has 0 unspecified atom stereocenters. The number of methoxy groups -OCH3 is 1. The molecule has 11 nitrogen and oxygen atoms in total. The van der Waals surface area contributed by atoms with Gasteiger partial charge in [0.2, 0.25) is 0 Å². The summed E-state index contributed by atoms with van der Waals surface area (Å²) in [6.07, 6.45) is 3.25. The molecule has 1 saturated heterocycles. The number of rotatable bonds is 7. The summed E-state index contributed by atoms with van der Waals surface area (Å²) in [6, 6.07) is 10.4. The van der Waals surface area contributed by atoms with Crippen LogP contribution in [0.3, 0.4) is 0 Å². The number of halogens is 1. The summed E-state index contributed by atoms with van der Waals surface area (Å²) in [6.45, 7) is 0.0530. The fraction of sp³-hybridized carbons (Fsp3) is 0.296. The standard InChI is InChI=1S/C27H28FN9O2/c1-3-35(15-17-4-6-19(38-2)7-5-17)27-24-20(13-23(29)32-33-24)21(14-30-27)25-31-26-22(28)12-18(16-37(26)34-25)36-8-10-39-11-9-36/h4-7,12-14,16H,3,8-11,15H2,1-2H3,(H2,29,32)/i1D3. The molecule has 0 atom stereocenters. The van der Waals surface area contributed by atoms with Gasteiger partial charge in [0, 0.05) is 53.5 Å². The SMILES string of the molecule is [2H]C([2H])([2H])CN(Cc1ccc(OC)cc1)c1ncc(-c2nc3c(F)cc(N4CCOCC4)cn3n2)c2cc(N)nnc12. The van der Waals surface area contributed by atoms with Crippen molar-refractivity contribution < 1.29 is 18.0 Å². The Balaban J connectivity index is 1.43. The van der Waals surface area contributed by atoms with Gasteiger partial charge >= 0.3 is 0 Å². The highest BCUT2D eigenvalue weighted by atomic mass is 19.1. The van der Waals surface area contributed by atoms with E-state index in [2.05, 4.69) is 25.3 Å². The lowest BCUT2D eigenvalue weighted by atomic mass is 10.1. The van der Waals surface area contributed by atoms with Gasteiger partial charge in [-0.05, 0) is 30.6 Å². The van der Waals surface area contributed by atoms with E-state index >= 15 is 4.39 Å². The van der Waals surface area contributed by atoms with Gasteiger partial charge in [0.15, 0.2) is 23.1 Å². The Morgan fingerprint density at radius 3 is 2.77 bits per heavy atom. The Hall–Kier alpha value is -4.58. The van der Waals surface area contributed by atoms with Crippen LogP contribution in [0.25, 0.3) is 27.9 Å². The average Bonchev–Trinajstić information content (AvgIpc) is 3.41. The third-order valence-corrected chi connectivity index (χ3v) is 6.64. The minimum absolute atomic E-state index is 0.0535. The molecule has 0 aliphatic carbocycles. The normalized spacial score (nSPS) is 15.2. The first-order valence-corrected chi connectivity index (χ1v) is 12.4. The number of benzene rings is 1. The summed E-state index contributed by atoms with van der Waals surface area (Å²) in [5.74, 6) is 0.820. The van der Waals surface area contributed by atoms with E-state index in [1.807, 2.05) is 17.0 Å². The van der Waals surface area contributed by atoms with Gasteiger partial charge in [-0.15, -0.1) is 15.3 Å². The van der Waals surface area contributed by atoms with E-state index in [1.165, 1.54) is 16.8 Å². The Kier molecular flexibility index (Phi) is 5.64. The number of nitrogen functional groups attached to an aromatic ring is 1. The predicted molar refractivity (Wildman–Crippen MR) is 146 cm³/mol. The molecule has 1 aromatic carbocycles. The zero-order valence-electron chi connectivity index (χ0n) is 24.2. The second-order valence-electron chi connectivity index (χ2n) is 9.08. The quantitative estimate of drug-likeness (QED) is 0.334. The first kappa shape index (κ1) is 21.4. The van der Waals surface area contributed by atoms with Crippen LogP contribution in [0.1, 0.15) is 16.5 Å². The van der Waals surface area contributed by atoms with Gasteiger partial charge in [0.05, 0.1) is 32.2 Å². The Morgan fingerprint density at radius 2 is 2.00 bits per heavy atom. The number of nitrogens with zero attached hydrogens (tertiary/aromatic N) is 8. The van der Waals surface area contributed by atoms with Crippen molar-refractivity contribution in [2.45, 2.75) is 13.4 Å². The van der Waals surface area contributed by atoms with E-state index in [4.69, 9.17) is 19.3 Å².